The summed E-state index contributed by atoms with van der Waals surface area (Å²) >= 11 is 0. The Balaban J connectivity index is 3.34. The Morgan fingerprint density at radius 2 is 1.23 bits per heavy atom. The molecule has 0 heterocycles. The average molecular weight is 439 g/mol. The van der Waals surface area contributed by atoms with E-state index in [-0.39, 0.29) is 5.91 Å². The van der Waals surface area contributed by atoms with E-state index in [1.165, 1.54) is 70.6 Å². The van der Waals surface area contributed by atoms with Crippen LogP contribution in [0.15, 0.2) is 12.2 Å². The molecule has 2 amide bonds. The number of allylic oxidation sites excluding steroid dienone is 2. The molecule has 0 fully saturated rings. The summed E-state index contributed by atoms with van der Waals surface area (Å²) in [5.41, 5.74) is -0.484. The largest absolute Gasteiger partial charge is 0.444 e. The third-order valence-electron chi connectivity index (χ3n) is 5.01. The standard InChI is InChI=1S/C26H50N2O3/c1-5-6-7-8-9-10-11-12-13-14-15-16-17-18-19-21-24(29)27-22-20-23-28-25(30)31-26(2,3)4/h12-13H,5-11,14-23H2,1-4H3,(H,27,29)(H,28,30). The van der Waals surface area contributed by atoms with Crippen molar-refractivity contribution >= 4 is 12.0 Å². The minimum atomic E-state index is -0.484. The number of hydrogen-bond acceptors (Lipinski definition) is 3. The fraction of sp³-hybridized carbons (Fsp3) is 0.846. The Hall–Kier alpha value is -1.52. The van der Waals surface area contributed by atoms with Crippen LogP contribution in [0.2, 0.25) is 0 Å². The number of hydrogen-bond donors (Lipinski definition) is 2. The van der Waals surface area contributed by atoms with E-state index < -0.39 is 11.7 Å². The van der Waals surface area contributed by atoms with Crippen molar-refractivity contribution in [2.45, 2.75) is 130 Å². The molecule has 0 unspecified atom stereocenters. The first kappa shape index (κ1) is 29.5. The summed E-state index contributed by atoms with van der Waals surface area (Å²) in [6.07, 6.45) is 22.0. The number of carbonyl (C=O) groups is 2. The second-order valence-corrected chi connectivity index (χ2v) is 9.47. The predicted molar refractivity (Wildman–Crippen MR) is 131 cm³/mol. The van der Waals surface area contributed by atoms with Crippen molar-refractivity contribution in [1.29, 1.82) is 0 Å². The van der Waals surface area contributed by atoms with Crippen molar-refractivity contribution < 1.29 is 14.3 Å². The summed E-state index contributed by atoms with van der Waals surface area (Å²) < 4.78 is 5.16. The van der Waals surface area contributed by atoms with Crippen LogP contribution in [0.3, 0.4) is 0 Å². The SMILES string of the molecule is CCCCCCCCC=CCCCCCCCC(=O)NCCCNC(=O)OC(C)(C)C. The summed E-state index contributed by atoms with van der Waals surface area (Å²) in [6, 6.07) is 0. The lowest BCUT2D eigenvalue weighted by Gasteiger charge is -2.19. The number of alkyl carbamates (subject to hydrolysis) is 1. The minimum absolute atomic E-state index is 0.106. The number of carbonyl (C=O) groups excluding carboxylic acids is 2. The molecule has 182 valence electrons. The topological polar surface area (TPSA) is 67.4 Å². The lowest BCUT2D eigenvalue weighted by Crippen LogP contribution is -2.34. The van der Waals surface area contributed by atoms with E-state index in [1.54, 1.807) is 0 Å². The van der Waals surface area contributed by atoms with E-state index in [0.29, 0.717) is 25.9 Å². The van der Waals surface area contributed by atoms with Gasteiger partial charge in [-0.1, -0.05) is 70.4 Å². The zero-order chi connectivity index (χ0) is 23.2. The molecule has 0 bridgehead atoms. The van der Waals surface area contributed by atoms with E-state index in [9.17, 15) is 9.59 Å². The second kappa shape index (κ2) is 20.4. The molecule has 0 aromatic rings. The zero-order valence-corrected chi connectivity index (χ0v) is 20.9. The molecule has 2 N–H and O–H groups in total. The first-order valence-corrected chi connectivity index (χ1v) is 12.7. The van der Waals surface area contributed by atoms with Gasteiger partial charge in [-0.15, -0.1) is 0 Å². The molecule has 0 aliphatic carbocycles. The van der Waals surface area contributed by atoms with Crippen molar-refractivity contribution in [1.82, 2.24) is 10.6 Å². The molecule has 0 saturated carbocycles. The van der Waals surface area contributed by atoms with Crippen molar-refractivity contribution in [2.24, 2.45) is 0 Å². The third kappa shape index (κ3) is 24.6. The predicted octanol–water partition coefficient (Wildman–Crippen LogP) is 7.05. The summed E-state index contributed by atoms with van der Waals surface area (Å²) in [6.45, 7) is 8.85. The first-order valence-electron chi connectivity index (χ1n) is 12.7. The molecule has 5 nitrogen and oxygen atoms in total. The summed E-state index contributed by atoms with van der Waals surface area (Å²) in [5, 5.41) is 5.61. The van der Waals surface area contributed by atoms with Gasteiger partial charge in [-0.25, -0.2) is 4.79 Å². The van der Waals surface area contributed by atoms with Gasteiger partial charge in [-0.3, -0.25) is 4.79 Å². The van der Waals surface area contributed by atoms with Crippen LogP contribution >= 0.6 is 0 Å². The average Bonchev–Trinajstić information content (AvgIpc) is 2.69. The maximum absolute atomic E-state index is 11.8. The molecule has 0 rings (SSSR count). The van der Waals surface area contributed by atoms with Gasteiger partial charge < -0.3 is 15.4 Å². The highest BCUT2D eigenvalue weighted by molar-refractivity contribution is 5.75. The monoisotopic (exact) mass is 438 g/mol. The molecule has 0 aliphatic heterocycles. The Morgan fingerprint density at radius 1 is 0.710 bits per heavy atom. The summed E-state index contributed by atoms with van der Waals surface area (Å²) in [5.74, 6) is 0.106. The van der Waals surface area contributed by atoms with Gasteiger partial charge in [0.2, 0.25) is 5.91 Å². The van der Waals surface area contributed by atoms with Crippen LogP contribution in [0, 0.1) is 0 Å². The van der Waals surface area contributed by atoms with Gasteiger partial charge in [-0.2, -0.15) is 0 Å². The molecule has 0 spiro atoms. The molecule has 31 heavy (non-hydrogen) atoms. The van der Waals surface area contributed by atoms with Crippen LogP contribution in [0.4, 0.5) is 4.79 Å². The summed E-state index contributed by atoms with van der Waals surface area (Å²) in [7, 11) is 0. The van der Waals surface area contributed by atoms with Crippen LogP contribution in [0.1, 0.15) is 124 Å². The van der Waals surface area contributed by atoms with Crippen LogP contribution in [-0.4, -0.2) is 30.7 Å². The maximum atomic E-state index is 11.8. The number of amides is 2. The van der Waals surface area contributed by atoms with Gasteiger partial charge in [0, 0.05) is 19.5 Å². The Labute approximate surface area is 192 Å². The highest BCUT2D eigenvalue weighted by Crippen LogP contribution is 2.10. The Bertz CT molecular complexity index is 470. The van der Waals surface area contributed by atoms with Crippen molar-refractivity contribution in [3.8, 4) is 0 Å². The number of nitrogens with one attached hydrogen (secondary N) is 2. The quantitative estimate of drug-likeness (QED) is 0.168. The lowest BCUT2D eigenvalue weighted by molar-refractivity contribution is -0.121. The van der Waals surface area contributed by atoms with Gasteiger partial charge in [0.1, 0.15) is 5.60 Å². The molecule has 5 heteroatoms. The first-order chi connectivity index (χ1) is 14.8. The van der Waals surface area contributed by atoms with E-state index in [4.69, 9.17) is 4.74 Å². The highest BCUT2D eigenvalue weighted by Gasteiger charge is 2.15. The van der Waals surface area contributed by atoms with E-state index in [0.717, 1.165) is 12.8 Å². The Kier molecular flexibility index (Phi) is 19.4. The molecule has 0 saturated heterocycles. The maximum Gasteiger partial charge on any atom is 0.407 e. The van der Waals surface area contributed by atoms with Gasteiger partial charge in [0.15, 0.2) is 0 Å². The van der Waals surface area contributed by atoms with E-state index in [2.05, 4.69) is 29.7 Å². The third-order valence-corrected chi connectivity index (χ3v) is 5.01. The van der Waals surface area contributed by atoms with Gasteiger partial charge in [-0.05, 0) is 59.3 Å². The van der Waals surface area contributed by atoms with Crippen molar-refractivity contribution in [3.05, 3.63) is 12.2 Å². The minimum Gasteiger partial charge on any atom is -0.444 e. The fourth-order valence-electron chi connectivity index (χ4n) is 3.27. The molecule has 0 radical (unpaired) electrons. The van der Waals surface area contributed by atoms with Gasteiger partial charge in [0.25, 0.3) is 0 Å². The normalized spacial score (nSPS) is 11.6. The van der Waals surface area contributed by atoms with Crippen LogP contribution in [-0.2, 0) is 9.53 Å². The highest BCUT2D eigenvalue weighted by atomic mass is 16.6. The number of rotatable bonds is 19. The van der Waals surface area contributed by atoms with Crippen molar-refractivity contribution in [3.63, 3.8) is 0 Å². The smallest absolute Gasteiger partial charge is 0.407 e. The fourth-order valence-corrected chi connectivity index (χ4v) is 3.27. The molecule has 0 aromatic heterocycles. The Morgan fingerprint density at radius 3 is 1.81 bits per heavy atom. The molecular formula is C26H50N2O3. The second-order valence-electron chi connectivity index (χ2n) is 9.47. The molecule has 0 aliphatic rings. The van der Waals surface area contributed by atoms with E-state index in [1.807, 2.05) is 20.8 Å². The van der Waals surface area contributed by atoms with Crippen LogP contribution in [0.25, 0.3) is 0 Å². The van der Waals surface area contributed by atoms with Crippen LogP contribution in [0.5, 0.6) is 0 Å². The van der Waals surface area contributed by atoms with Crippen LogP contribution < -0.4 is 10.6 Å². The molecule has 0 aromatic carbocycles. The van der Waals surface area contributed by atoms with E-state index >= 15 is 0 Å². The number of ether oxygens (including phenoxy) is 1. The van der Waals surface area contributed by atoms with Gasteiger partial charge in [0.05, 0.1) is 0 Å². The summed E-state index contributed by atoms with van der Waals surface area (Å²) in [4.78, 5) is 23.3. The van der Waals surface area contributed by atoms with Crippen molar-refractivity contribution in [2.75, 3.05) is 13.1 Å². The lowest BCUT2D eigenvalue weighted by atomic mass is 10.1. The molecule has 0 atom stereocenters. The van der Waals surface area contributed by atoms with Gasteiger partial charge >= 0.3 is 6.09 Å². The molecular weight excluding hydrogens is 388 g/mol. The number of unbranched alkanes of at least 4 members (excludes halogenated alkanes) is 11. The zero-order valence-electron chi connectivity index (χ0n) is 20.9.